The van der Waals surface area contributed by atoms with Crippen molar-refractivity contribution in [2.75, 3.05) is 13.7 Å². The molecule has 4 rings (SSSR count). The number of fused-ring (bicyclic) bond motifs is 1. The fourth-order valence-electron chi connectivity index (χ4n) is 4.88. The van der Waals surface area contributed by atoms with Crippen LogP contribution in [0.1, 0.15) is 33.3 Å². The van der Waals surface area contributed by atoms with E-state index in [1.54, 1.807) is 27.9 Å². The molecule has 4 N–H and O–H groups in total. The highest BCUT2D eigenvalue weighted by molar-refractivity contribution is 5.73. The first-order valence-electron chi connectivity index (χ1n) is 12.3. The Kier molecular flexibility index (Phi) is 8.73. The second kappa shape index (κ2) is 11.5. The number of ether oxygens (including phenoxy) is 7. The Labute approximate surface area is 215 Å². The Morgan fingerprint density at radius 2 is 1.73 bits per heavy atom. The highest BCUT2D eigenvalue weighted by Gasteiger charge is 2.57. The first-order valence-corrected chi connectivity index (χ1v) is 12.3. The summed E-state index contributed by atoms with van der Waals surface area (Å²) in [5.41, 5.74) is 0.918. The Hall–Kier alpha value is -1.87. The number of aliphatic hydroxyl groups is 3. The van der Waals surface area contributed by atoms with Gasteiger partial charge in [0, 0.05) is 6.92 Å². The van der Waals surface area contributed by atoms with Crippen LogP contribution in [0.15, 0.2) is 24.3 Å². The fourth-order valence-corrected chi connectivity index (χ4v) is 4.88. The van der Waals surface area contributed by atoms with Crippen LogP contribution in [-0.2, 0) is 39.8 Å². The third kappa shape index (κ3) is 6.24. The number of carbonyl (C=O) groups excluding carboxylic acids is 1. The molecule has 0 unspecified atom stereocenters. The summed E-state index contributed by atoms with van der Waals surface area (Å²) in [5, 5.41) is 33.1. The lowest BCUT2D eigenvalue weighted by Gasteiger charge is -2.46. The molecule has 0 aliphatic carbocycles. The van der Waals surface area contributed by atoms with Crippen molar-refractivity contribution in [3.05, 3.63) is 29.8 Å². The third-order valence-corrected chi connectivity index (χ3v) is 6.68. The molecule has 1 aromatic rings. The Morgan fingerprint density at radius 3 is 2.35 bits per heavy atom. The number of aliphatic hydroxyl groups excluding tert-OH is 3. The molecule has 0 saturated carbocycles. The van der Waals surface area contributed by atoms with Gasteiger partial charge in [0.05, 0.1) is 26.4 Å². The summed E-state index contributed by atoms with van der Waals surface area (Å²) in [6.45, 7) is 6.31. The average Bonchev–Trinajstić information content (AvgIpc) is 3.19. The summed E-state index contributed by atoms with van der Waals surface area (Å²) >= 11 is 0. The molecule has 10 atom stereocenters. The van der Waals surface area contributed by atoms with Crippen LogP contribution in [0.4, 0.5) is 0 Å². The molecule has 12 heteroatoms. The summed E-state index contributed by atoms with van der Waals surface area (Å²) in [5.74, 6) is -0.667. The van der Waals surface area contributed by atoms with Gasteiger partial charge in [-0.1, -0.05) is 12.1 Å². The van der Waals surface area contributed by atoms with Gasteiger partial charge >= 0.3 is 0 Å². The molecule has 208 valence electrons. The molecule has 37 heavy (non-hydrogen) atoms. The van der Waals surface area contributed by atoms with Gasteiger partial charge in [-0.05, 0) is 38.5 Å². The number of hydrogen-bond acceptors (Lipinski definition) is 11. The largest absolute Gasteiger partial charge is 0.497 e. The van der Waals surface area contributed by atoms with Crippen molar-refractivity contribution in [2.45, 2.75) is 101 Å². The lowest BCUT2D eigenvalue weighted by atomic mass is 9.95. The van der Waals surface area contributed by atoms with Crippen LogP contribution >= 0.6 is 0 Å². The van der Waals surface area contributed by atoms with Gasteiger partial charge in [0.15, 0.2) is 18.4 Å². The van der Waals surface area contributed by atoms with Crippen LogP contribution in [-0.4, -0.2) is 102 Å². The predicted octanol–water partition coefficient (Wildman–Crippen LogP) is -0.194. The zero-order valence-corrected chi connectivity index (χ0v) is 21.6. The van der Waals surface area contributed by atoms with E-state index in [9.17, 15) is 20.1 Å². The molecule has 0 bridgehead atoms. The van der Waals surface area contributed by atoms with Gasteiger partial charge in [0.1, 0.15) is 48.4 Å². The number of nitrogens with one attached hydrogen (secondary N) is 1. The zero-order chi connectivity index (χ0) is 26.9. The molecule has 1 amide bonds. The summed E-state index contributed by atoms with van der Waals surface area (Å²) in [6, 6.07) is 6.37. The topological polar surface area (TPSA) is 154 Å². The van der Waals surface area contributed by atoms with E-state index in [-0.39, 0.29) is 6.61 Å². The van der Waals surface area contributed by atoms with Gasteiger partial charge in [0.25, 0.3) is 0 Å². The molecular weight excluding hydrogens is 490 g/mol. The number of rotatable bonds is 8. The number of hydrogen-bond donors (Lipinski definition) is 4. The van der Waals surface area contributed by atoms with Crippen LogP contribution in [0.25, 0.3) is 0 Å². The molecule has 3 aliphatic heterocycles. The molecule has 0 spiro atoms. The SMILES string of the molecule is COc1ccc(CO[C@@H]2O[C@@H](C)[C@H](O[C@@H]3O[C@H](CO)[C@@H](O)[C@H](O)[C@@H]3NC(C)=O)[C@H]3OC(C)(C)O[C@@H]23)cc1. The molecule has 12 nitrogen and oxygen atoms in total. The molecule has 3 heterocycles. The highest BCUT2D eigenvalue weighted by Crippen LogP contribution is 2.40. The van der Waals surface area contributed by atoms with Crippen LogP contribution in [0.5, 0.6) is 5.75 Å². The lowest BCUT2D eigenvalue weighted by Crippen LogP contribution is -2.67. The number of methoxy groups -OCH3 is 1. The molecule has 0 aromatic heterocycles. The van der Waals surface area contributed by atoms with Gasteiger partial charge in [-0.15, -0.1) is 0 Å². The second-order valence-corrected chi connectivity index (χ2v) is 9.97. The van der Waals surface area contributed by atoms with Crippen molar-refractivity contribution >= 4 is 5.91 Å². The maximum atomic E-state index is 11.8. The monoisotopic (exact) mass is 527 g/mol. The number of carbonyl (C=O) groups is 1. The maximum absolute atomic E-state index is 11.8. The van der Waals surface area contributed by atoms with Crippen molar-refractivity contribution in [3.63, 3.8) is 0 Å². The number of benzene rings is 1. The van der Waals surface area contributed by atoms with Crippen molar-refractivity contribution in [1.82, 2.24) is 5.32 Å². The lowest BCUT2D eigenvalue weighted by molar-refractivity contribution is -0.330. The van der Waals surface area contributed by atoms with Crippen LogP contribution < -0.4 is 10.1 Å². The highest BCUT2D eigenvalue weighted by atomic mass is 16.8. The van der Waals surface area contributed by atoms with E-state index in [0.717, 1.165) is 11.3 Å². The van der Waals surface area contributed by atoms with Crippen molar-refractivity contribution in [2.24, 2.45) is 0 Å². The Bertz CT molecular complexity index is 912. The molecule has 1 aromatic carbocycles. The normalized spacial score (nSPS) is 39.1. The molecule has 3 fully saturated rings. The minimum absolute atomic E-state index is 0.262. The third-order valence-electron chi connectivity index (χ3n) is 6.68. The van der Waals surface area contributed by atoms with E-state index in [0.29, 0.717) is 0 Å². The molecule has 3 saturated heterocycles. The van der Waals surface area contributed by atoms with E-state index in [1.807, 2.05) is 24.3 Å². The minimum Gasteiger partial charge on any atom is -0.497 e. The quantitative estimate of drug-likeness (QED) is 0.355. The van der Waals surface area contributed by atoms with E-state index < -0.39 is 79.7 Å². The van der Waals surface area contributed by atoms with Crippen LogP contribution in [0.3, 0.4) is 0 Å². The van der Waals surface area contributed by atoms with Gasteiger partial charge < -0.3 is 53.8 Å². The van der Waals surface area contributed by atoms with Crippen molar-refractivity contribution < 1.29 is 53.3 Å². The van der Waals surface area contributed by atoms with E-state index in [4.69, 9.17) is 33.2 Å². The summed E-state index contributed by atoms with van der Waals surface area (Å²) in [6.07, 6.45) is -8.56. The first-order chi connectivity index (χ1) is 17.5. The van der Waals surface area contributed by atoms with Crippen molar-refractivity contribution in [3.8, 4) is 5.75 Å². The molecular formula is C25H37NO11. The van der Waals surface area contributed by atoms with E-state index >= 15 is 0 Å². The standard InChI is InChI=1S/C25H37NO11/c1-12-20(35-23-17(26-13(2)28)19(30)18(29)16(10-27)34-23)21-22(37-25(3,4)36-21)24(33-12)32-11-14-6-8-15(31-5)9-7-14/h6-9,12,16-24,27,29-30H,10-11H2,1-5H3,(H,26,28)/t12-,16+,17-,18+,19+,20-,21+,22+,23-,24+/m0/s1. The Morgan fingerprint density at radius 1 is 1.05 bits per heavy atom. The first kappa shape index (κ1) is 28.1. The number of amides is 1. The Balaban J connectivity index is 1.50. The fraction of sp³-hybridized carbons (Fsp3) is 0.720. The van der Waals surface area contributed by atoms with Gasteiger partial charge in [0.2, 0.25) is 5.91 Å². The molecule has 3 aliphatic rings. The van der Waals surface area contributed by atoms with Gasteiger partial charge in [-0.3, -0.25) is 4.79 Å². The smallest absolute Gasteiger partial charge is 0.217 e. The van der Waals surface area contributed by atoms with Gasteiger partial charge in [-0.2, -0.15) is 0 Å². The summed E-state index contributed by atoms with van der Waals surface area (Å²) in [7, 11) is 1.60. The van der Waals surface area contributed by atoms with Crippen LogP contribution in [0.2, 0.25) is 0 Å². The average molecular weight is 528 g/mol. The van der Waals surface area contributed by atoms with E-state index in [1.165, 1.54) is 6.92 Å². The van der Waals surface area contributed by atoms with Crippen LogP contribution in [0, 0.1) is 0 Å². The van der Waals surface area contributed by atoms with Crippen molar-refractivity contribution in [1.29, 1.82) is 0 Å². The summed E-state index contributed by atoms with van der Waals surface area (Å²) < 4.78 is 41.7. The molecule has 0 radical (unpaired) electrons. The zero-order valence-electron chi connectivity index (χ0n) is 21.6. The summed E-state index contributed by atoms with van der Waals surface area (Å²) in [4.78, 5) is 11.8. The predicted molar refractivity (Wildman–Crippen MR) is 126 cm³/mol. The second-order valence-electron chi connectivity index (χ2n) is 9.97. The maximum Gasteiger partial charge on any atom is 0.217 e. The van der Waals surface area contributed by atoms with Gasteiger partial charge in [-0.25, -0.2) is 0 Å². The van der Waals surface area contributed by atoms with E-state index in [2.05, 4.69) is 5.32 Å². The minimum atomic E-state index is -1.44.